The molecule has 1 saturated heterocycles. The Bertz CT molecular complexity index is 1230. The number of ether oxygens (including phenoxy) is 1. The van der Waals surface area contributed by atoms with Gasteiger partial charge >= 0.3 is 0 Å². The van der Waals surface area contributed by atoms with E-state index in [1.54, 1.807) is 37.5 Å². The highest BCUT2D eigenvalue weighted by Crippen LogP contribution is 2.34. The van der Waals surface area contributed by atoms with Gasteiger partial charge in [-0.2, -0.15) is 0 Å². The van der Waals surface area contributed by atoms with Gasteiger partial charge in [0.1, 0.15) is 11.3 Å². The molecule has 2 heterocycles. The maximum absolute atomic E-state index is 12.5. The first-order valence-corrected chi connectivity index (χ1v) is 13.4. The molecule has 0 aliphatic carbocycles. The number of hydrogen-bond acceptors (Lipinski definition) is 8. The van der Waals surface area contributed by atoms with Crippen molar-refractivity contribution in [1.82, 2.24) is 15.2 Å². The average molecular weight is 489 g/mol. The van der Waals surface area contributed by atoms with Crippen molar-refractivity contribution in [3.63, 3.8) is 0 Å². The fourth-order valence-corrected chi connectivity index (χ4v) is 5.76. The van der Waals surface area contributed by atoms with Crippen LogP contribution in [0.5, 0.6) is 5.75 Å². The predicted molar refractivity (Wildman–Crippen MR) is 131 cm³/mol. The van der Waals surface area contributed by atoms with Crippen LogP contribution in [-0.4, -0.2) is 76.3 Å². The molecule has 0 atom stereocenters. The van der Waals surface area contributed by atoms with Crippen LogP contribution in [0, 0.1) is 0 Å². The Morgan fingerprint density at radius 1 is 1.15 bits per heavy atom. The minimum atomic E-state index is -3.34. The van der Waals surface area contributed by atoms with Crippen molar-refractivity contribution in [3.05, 3.63) is 48.0 Å². The molecule has 0 radical (unpaired) electrons. The van der Waals surface area contributed by atoms with E-state index in [2.05, 4.69) is 21.2 Å². The first-order valence-electron chi connectivity index (χ1n) is 10.9. The summed E-state index contributed by atoms with van der Waals surface area (Å²) in [4.78, 5) is 22.0. The fourth-order valence-electron chi connectivity index (χ4n) is 3.80. The molecule has 0 bridgehead atoms. The van der Waals surface area contributed by atoms with Gasteiger partial charge in [-0.05, 0) is 30.3 Å². The lowest BCUT2D eigenvalue weighted by atomic mass is 10.2. The van der Waals surface area contributed by atoms with Crippen molar-refractivity contribution in [1.29, 1.82) is 0 Å². The van der Waals surface area contributed by atoms with Gasteiger partial charge in [-0.15, -0.1) is 0 Å². The molecule has 3 aromatic rings. The summed E-state index contributed by atoms with van der Waals surface area (Å²) in [6.07, 6.45) is 0. The van der Waals surface area contributed by atoms with E-state index in [-0.39, 0.29) is 16.6 Å². The van der Waals surface area contributed by atoms with Gasteiger partial charge in [0.25, 0.3) is 5.91 Å². The van der Waals surface area contributed by atoms with E-state index in [0.29, 0.717) is 12.1 Å². The van der Waals surface area contributed by atoms with Crippen LogP contribution in [0.3, 0.4) is 0 Å². The van der Waals surface area contributed by atoms with Crippen LogP contribution in [0.25, 0.3) is 10.2 Å². The zero-order valence-electron chi connectivity index (χ0n) is 18.8. The van der Waals surface area contributed by atoms with E-state index in [1.807, 2.05) is 12.1 Å². The number of thiazole rings is 1. The quantitative estimate of drug-likeness (QED) is 0.521. The maximum atomic E-state index is 12.5. The number of piperazine rings is 1. The minimum absolute atomic E-state index is 0.00854. The Labute approximate surface area is 198 Å². The predicted octanol–water partition coefficient (Wildman–Crippen LogP) is 2.65. The van der Waals surface area contributed by atoms with Gasteiger partial charge in [0.05, 0.1) is 22.5 Å². The van der Waals surface area contributed by atoms with Gasteiger partial charge in [0.2, 0.25) is 0 Å². The number of fused-ring (bicyclic) bond motifs is 1. The summed E-state index contributed by atoms with van der Waals surface area (Å²) < 4.78 is 30.7. The monoisotopic (exact) mass is 488 g/mol. The number of methoxy groups -OCH3 is 1. The van der Waals surface area contributed by atoms with E-state index in [0.717, 1.165) is 53.8 Å². The summed E-state index contributed by atoms with van der Waals surface area (Å²) in [5, 5.41) is 3.91. The number of carbonyl (C=O) groups excluding carboxylic acids is 1. The Kier molecular flexibility index (Phi) is 7.16. The number of benzene rings is 2. The van der Waals surface area contributed by atoms with Gasteiger partial charge in [0.15, 0.2) is 15.0 Å². The zero-order chi connectivity index (χ0) is 23.4. The Balaban J connectivity index is 1.27. The fraction of sp³-hybridized carbons (Fsp3) is 0.391. The molecular formula is C23H28N4O4S2. The molecule has 1 aromatic heterocycles. The number of para-hydroxylation sites is 1. The van der Waals surface area contributed by atoms with Crippen molar-refractivity contribution < 1.29 is 17.9 Å². The first kappa shape index (κ1) is 23.5. The van der Waals surface area contributed by atoms with Crippen LogP contribution < -0.4 is 15.0 Å². The molecule has 1 aliphatic rings. The highest BCUT2D eigenvalue weighted by molar-refractivity contribution is 7.91. The van der Waals surface area contributed by atoms with Gasteiger partial charge < -0.3 is 15.0 Å². The summed E-state index contributed by atoms with van der Waals surface area (Å²) in [7, 11) is -1.68. The topological polar surface area (TPSA) is 91.8 Å². The van der Waals surface area contributed by atoms with Crippen LogP contribution in [0.1, 0.15) is 17.3 Å². The third-order valence-electron chi connectivity index (χ3n) is 5.78. The molecule has 1 amide bonds. The zero-order valence-corrected chi connectivity index (χ0v) is 20.4. The van der Waals surface area contributed by atoms with E-state index in [4.69, 9.17) is 9.72 Å². The number of anilines is 1. The Hall–Kier alpha value is -2.69. The Morgan fingerprint density at radius 3 is 2.64 bits per heavy atom. The number of hydrogen-bond donors (Lipinski definition) is 1. The number of nitrogens with zero attached hydrogens (tertiary/aromatic N) is 3. The number of aromatic nitrogens is 1. The molecule has 0 unspecified atom stereocenters. The summed E-state index contributed by atoms with van der Waals surface area (Å²) in [6.45, 7) is 6.33. The molecule has 8 nitrogen and oxygen atoms in total. The lowest BCUT2D eigenvalue weighted by Gasteiger charge is -2.34. The molecule has 0 saturated carbocycles. The standard InChI is InChI=1S/C23H28N4O4S2/c1-3-33(29,30)18-7-4-6-17(16-18)22(28)24-10-11-26-12-14-27(15-13-26)23-25-21-19(31-2)8-5-9-20(21)32-23/h4-9,16H,3,10-15H2,1-2H3,(H,24,28). The summed E-state index contributed by atoms with van der Waals surface area (Å²) in [5.41, 5.74) is 1.27. The number of carbonyl (C=O) groups is 1. The molecule has 1 fully saturated rings. The van der Waals surface area contributed by atoms with E-state index in [1.165, 1.54) is 12.1 Å². The summed E-state index contributed by atoms with van der Waals surface area (Å²) in [6, 6.07) is 12.2. The SMILES string of the molecule is CCS(=O)(=O)c1cccc(C(=O)NCCN2CCN(c3nc4c(OC)cccc4s3)CC2)c1. The van der Waals surface area contributed by atoms with E-state index >= 15 is 0 Å². The molecule has 1 aliphatic heterocycles. The molecular weight excluding hydrogens is 460 g/mol. The largest absolute Gasteiger partial charge is 0.494 e. The highest BCUT2D eigenvalue weighted by Gasteiger charge is 2.21. The number of sulfone groups is 1. The highest BCUT2D eigenvalue weighted by atomic mass is 32.2. The number of amides is 1. The van der Waals surface area contributed by atoms with Crippen LogP contribution in [0.2, 0.25) is 0 Å². The third-order valence-corrected chi connectivity index (χ3v) is 8.60. The van der Waals surface area contributed by atoms with Crippen LogP contribution in [0.4, 0.5) is 5.13 Å². The molecule has 4 rings (SSSR count). The summed E-state index contributed by atoms with van der Waals surface area (Å²) in [5.74, 6) is 0.543. The number of nitrogens with one attached hydrogen (secondary N) is 1. The molecule has 1 N–H and O–H groups in total. The molecule has 2 aromatic carbocycles. The second-order valence-corrected chi connectivity index (χ2v) is 11.1. The van der Waals surface area contributed by atoms with Gasteiger partial charge in [-0.1, -0.05) is 30.4 Å². The second kappa shape index (κ2) is 10.1. The lowest BCUT2D eigenvalue weighted by Crippen LogP contribution is -2.48. The van der Waals surface area contributed by atoms with Crippen molar-refractivity contribution in [3.8, 4) is 5.75 Å². The van der Waals surface area contributed by atoms with Crippen molar-refractivity contribution >= 4 is 42.4 Å². The van der Waals surface area contributed by atoms with Crippen LogP contribution in [0.15, 0.2) is 47.4 Å². The van der Waals surface area contributed by atoms with Crippen molar-refractivity contribution in [2.24, 2.45) is 0 Å². The van der Waals surface area contributed by atoms with Gasteiger partial charge in [0, 0.05) is 44.8 Å². The van der Waals surface area contributed by atoms with Crippen molar-refractivity contribution in [2.45, 2.75) is 11.8 Å². The molecule has 33 heavy (non-hydrogen) atoms. The summed E-state index contributed by atoms with van der Waals surface area (Å²) >= 11 is 1.67. The normalized spacial score (nSPS) is 15.0. The Morgan fingerprint density at radius 2 is 1.91 bits per heavy atom. The van der Waals surface area contributed by atoms with E-state index < -0.39 is 9.84 Å². The van der Waals surface area contributed by atoms with E-state index in [9.17, 15) is 13.2 Å². The lowest BCUT2D eigenvalue weighted by molar-refractivity contribution is 0.0947. The average Bonchev–Trinajstić information content (AvgIpc) is 3.29. The smallest absolute Gasteiger partial charge is 0.251 e. The first-order chi connectivity index (χ1) is 15.9. The molecule has 10 heteroatoms. The van der Waals surface area contributed by atoms with Gasteiger partial charge in [-0.3, -0.25) is 9.69 Å². The maximum Gasteiger partial charge on any atom is 0.251 e. The minimum Gasteiger partial charge on any atom is -0.494 e. The van der Waals surface area contributed by atoms with Gasteiger partial charge in [-0.25, -0.2) is 13.4 Å². The van der Waals surface area contributed by atoms with Crippen LogP contribution in [-0.2, 0) is 9.84 Å². The third kappa shape index (κ3) is 5.29. The number of rotatable bonds is 8. The molecule has 0 spiro atoms. The van der Waals surface area contributed by atoms with Crippen molar-refractivity contribution in [2.75, 3.05) is 57.0 Å². The van der Waals surface area contributed by atoms with Crippen LogP contribution >= 0.6 is 11.3 Å². The molecule has 176 valence electrons. The second-order valence-electron chi connectivity index (χ2n) is 7.82.